The lowest BCUT2D eigenvalue weighted by Crippen LogP contribution is -2.51. The molecule has 116 heavy (non-hydrogen) atoms. The first-order valence-corrected chi connectivity index (χ1v) is 42.3. The minimum absolute atomic E-state index is 0. The number of carbonyl (C=O) groups excluding carboxylic acids is 2. The Morgan fingerprint density at radius 1 is 0.517 bits per heavy atom. The number of nitrogens with two attached hydrogens (primary N) is 2. The molecule has 3 aliphatic heterocycles. The summed E-state index contributed by atoms with van der Waals surface area (Å²) in [5.74, 6) is 27.1. The third-order valence-electron chi connectivity index (χ3n) is 28.4. The second-order valence-corrected chi connectivity index (χ2v) is 36.3. The number of nitrogens with zero attached hydrogens (tertiary/aromatic N) is 2. The Bertz CT molecular complexity index is 4700. The molecule has 3 heterocycles. The van der Waals surface area contributed by atoms with Crippen molar-refractivity contribution in [2.45, 2.75) is 251 Å². The zero-order chi connectivity index (χ0) is 81.7. The molecule has 15 aliphatic rings. The number of benzene rings is 3. The van der Waals surface area contributed by atoms with Crippen molar-refractivity contribution in [1.82, 2.24) is 10.9 Å². The van der Waals surface area contributed by atoms with Gasteiger partial charge in [0, 0.05) is 53.4 Å². The Balaban J connectivity index is 0.000000142. The fraction of sp³-hybridized carbons (Fsp3) is 0.553. The van der Waals surface area contributed by atoms with Crippen LogP contribution in [0.2, 0.25) is 0 Å². The van der Waals surface area contributed by atoms with Crippen LogP contribution in [0.25, 0.3) is 0 Å². The predicted molar refractivity (Wildman–Crippen MR) is 456 cm³/mol. The SMILES string of the molecule is CC#C[C@]1(O)CC[C@H]2[C@@H]3CCC4=CC(=NNC(N)=S)CCC4=C3[C@@H](c3ccc4c(c3)OCO4)C[C@@]21C.CC#C[C@]1(O)CC[C@H]2[C@@H]3CCC4=CC(=NNC(N)=S)CCC4=C3[C@@H](c3ccc4c(c3)OCO4)C[C@@]21C.CC#C[C@]1(O)CC[C@H]2[C@@H]3CCC4=CC(=O)CCC4=C3[C@@H](c3ccc4c(c3)OCO4)C[C@@]21C.CC(=O)CC(C)(C)O.CCO.O. The third kappa shape index (κ3) is 16.1. The Morgan fingerprint density at radius 2 is 0.828 bits per heavy atom. The second-order valence-electron chi connectivity index (χ2n) is 35.4. The second kappa shape index (κ2) is 34.0. The van der Waals surface area contributed by atoms with E-state index in [-0.39, 0.29) is 94.7 Å². The zero-order valence-electron chi connectivity index (χ0n) is 68.9. The van der Waals surface area contributed by atoms with Gasteiger partial charge in [-0.05, 0) is 342 Å². The number of hydrogen-bond acceptors (Lipinski definition) is 17. The van der Waals surface area contributed by atoms with Crippen molar-refractivity contribution >= 4 is 57.7 Å². The van der Waals surface area contributed by atoms with Gasteiger partial charge in [0.15, 0.2) is 50.5 Å². The van der Waals surface area contributed by atoms with E-state index in [1.54, 1.807) is 31.9 Å². The van der Waals surface area contributed by atoms with Crippen LogP contribution >= 0.6 is 24.4 Å². The van der Waals surface area contributed by atoms with Gasteiger partial charge in [-0.15, -0.1) is 17.8 Å². The molecule has 13 N–H and O–H groups in total. The Hall–Kier alpha value is -8.60. The molecule has 15 atom stereocenters. The maximum absolute atomic E-state index is 12.2. The minimum Gasteiger partial charge on any atom is -0.454 e. The van der Waals surface area contributed by atoms with E-state index in [1.807, 2.05) is 45.0 Å². The van der Waals surface area contributed by atoms with Gasteiger partial charge in [0.1, 0.15) is 22.6 Å². The zero-order valence-corrected chi connectivity index (χ0v) is 70.5. The number of fused-ring (bicyclic) bond motifs is 15. The maximum atomic E-state index is 12.2. The highest BCUT2D eigenvalue weighted by Gasteiger charge is 2.66. The molecule has 0 radical (unpaired) electrons. The van der Waals surface area contributed by atoms with Crippen LogP contribution in [0.1, 0.15) is 245 Å². The van der Waals surface area contributed by atoms with E-state index in [0.29, 0.717) is 41.9 Å². The number of carbonyl (C=O) groups is 2. The van der Waals surface area contributed by atoms with Gasteiger partial charge in [-0.1, -0.05) is 73.5 Å². The summed E-state index contributed by atoms with van der Waals surface area (Å²) in [6.07, 6.45) is 25.8. The van der Waals surface area contributed by atoms with E-state index >= 15 is 0 Å². The van der Waals surface area contributed by atoms with Crippen LogP contribution in [0.15, 0.2) is 133 Å². The number of aliphatic hydroxyl groups is 5. The van der Waals surface area contributed by atoms with Gasteiger partial charge in [0.05, 0.1) is 17.0 Å². The summed E-state index contributed by atoms with van der Waals surface area (Å²) < 4.78 is 34.0. The van der Waals surface area contributed by atoms with E-state index in [1.165, 1.54) is 62.6 Å². The summed E-state index contributed by atoms with van der Waals surface area (Å²) in [4.78, 5) is 22.5. The number of ketones is 2. The number of rotatable bonds is 7. The monoisotopic (exact) mass is 1620 g/mol. The van der Waals surface area contributed by atoms with Gasteiger partial charge < -0.3 is 70.9 Å². The van der Waals surface area contributed by atoms with Crippen LogP contribution in [0, 0.1) is 87.3 Å². The lowest BCUT2D eigenvalue weighted by atomic mass is 9.51. The molecule has 20 nitrogen and oxygen atoms in total. The van der Waals surface area contributed by atoms with Crippen molar-refractivity contribution < 1.29 is 69.0 Å². The summed E-state index contributed by atoms with van der Waals surface area (Å²) in [5.41, 5.74) is 30.9. The molecule has 22 heteroatoms. The maximum Gasteiger partial charge on any atom is 0.231 e. The quantitative estimate of drug-likeness (QED) is 0.0603. The van der Waals surface area contributed by atoms with Crippen LogP contribution in [0.4, 0.5) is 0 Å². The highest BCUT2D eigenvalue weighted by molar-refractivity contribution is 7.80. The van der Waals surface area contributed by atoms with Crippen molar-refractivity contribution in [3.8, 4) is 70.0 Å². The number of ether oxygens (including phenoxy) is 6. The van der Waals surface area contributed by atoms with E-state index in [9.17, 15) is 24.9 Å². The lowest BCUT2D eigenvalue weighted by Gasteiger charge is -2.53. The van der Waals surface area contributed by atoms with E-state index in [2.05, 4.69) is 126 Å². The van der Waals surface area contributed by atoms with Crippen molar-refractivity contribution in [3.05, 3.63) is 140 Å². The molecule has 0 bridgehead atoms. The number of nitrogens with one attached hydrogen (secondary N) is 2. The molecule has 6 saturated carbocycles. The number of thiocarbonyl (C=S) groups is 2. The summed E-state index contributed by atoms with van der Waals surface area (Å²) in [6, 6.07) is 19.1. The number of allylic oxidation sites excluding steroid dienone is 12. The predicted octanol–water partition coefficient (Wildman–Crippen LogP) is 14.4. The molecule has 18 rings (SSSR count). The van der Waals surface area contributed by atoms with Crippen molar-refractivity contribution in [1.29, 1.82) is 0 Å². The molecule has 0 unspecified atom stereocenters. The highest BCUT2D eigenvalue weighted by Crippen LogP contribution is 2.71. The molecule has 12 aliphatic carbocycles. The Labute approximate surface area is 694 Å². The standard InChI is InChI=1S/2C29H33N3O3S.C28H30O4.C6H12O2.C2H6O.H2O/c2*1-3-11-29(33)12-10-23-21-7-4-17-13-19(31-32-27(30)36)6-8-20(17)26(21)22(15-28(23,29)2)18-5-9-24-25(14-18)35-16-34-24;1-3-11-28(30)12-10-23-21-7-4-17-13-19(29)6-8-20(17)26(21)22(15-27(23,28)2)18-5-9-24-25(14-18)32-16-31-24;1-5(7)4-6(2,3)8;1-2-3;/h2*5,9,13-14,21-23,33H,4,6-8,10,12,15-16H2,1-2H3,(H3,30,32,36);5,9,13-14,21-23,30H,4,6-8,10,12,15-16H2,1-2H3;8H,4H2,1-3H3;3H,2H2,1H3;1H2/t2*21-,22+,23-,28-,29-;21-,22+,23-,27-,28-;;;/m000.../s1. The fourth-order valence-electron chi connectivity index (χ4n) is 23.6. The fourth-order valence-corrected chi connectivity index (χ4v) is 23.7. The minimum atomic E-state index is -0.952. The van der Waals surface area contributed by atoms with E-state index in [4.69, 9.17) is 74.5 Å². The first-order chi connectivity index (χ1) is 54.9. The van der Waals surface area contributed by atoms with Crippen molar-refractivity contribution in [2.75, 3.05) is 27.0 Å². The number of hydrogen-bond donors (Lipinski definition) is 9. The molecule has 3 aromatic rings. The van der Waals surface area contributed by atoms with Gasteiger partial charge in [0.2, 0.25) is 20.4 Å². The topological polar surface area (TPSA) is 323 Å². The normalized spacial score (nSPS) is 33.1. The molecular formula is C94H116N6O14S2. The average Bonchev–Trinajstić information content (AvgIpc) is 1.51. The van der Waals surface area contributed by atoms with Crippen LogP contribution in [0.5, 0.6) is 34.5 Å². The number of aliphatic hydroxyl groups excluding tert-OH is 1. The average molecular weight is 1620 g/mol. The molecule has 0 spiro atoms. The molecule has 618 valence electrons. The van der Waals surface area contributed by atoms with Crippen LogP contribution < -0.4 is 50.7 Å². The van der Waals surface area contributed by atoms with Gasteiger partial charge in [0.25, 0.3) is 0 Å². The van der Waals surface area contributed by atoms with Gasteiger partial charge >= 0.3 is 0 Å². The lowest BCUT2D eigenvalue weighted by molar-refractivity contribution is -0.120. The molecule has 0 amide bonds. The number of Topliss-reactive ketones (excluding diaryl/α,β-unsaturated/α-hetero) is 1. The smallest absolute Gasteiger partial charge is 0.231 e. The summed E-state index contributed by atoms with van der Waals surface area (Å²) in [5, 5.41) is 61.2. The molecule has 6 fully saturated rings. The number of hydrazone groups is 2. The Kier molecular flexibility index (Phi) is 25.0. The molecule has 0 saturated heterocycles. The van der Waals surface area contributed by atoms with Gasteiger partial charge in [-0.2, -0.15) is 10.2 Å². The first-order valence-electron chi connectivity index (χ1n) is 41.5. The molecule has 0 aromatic heterocycles. The first kappa shape index (κ1) is 85.3. The molecule has 3 aromatic carbocycles. The third-order valence-corrected chi connectivity index (χ3v) is 28.6. The van der Waals surface area contributed by atoms with E-state index < -0.39 is 22.4 Å². The van der Waals surface area contributed by atoms with E-state index in [0.717, 1.165) is 174 Å². The largest absolute Gasteiger partial charge is 0.454 e. The van der Waals surface area contributed by atoms with Crippen molar-refractivity contribution in [2.24, 2.45) is 73.4 Å². The van der Waals surface area contributed by atoms with Crippen molar-refractivity contribution in [3.63, 3.8) is 0 Å². The molecular weight excluding hydrogens is 1500 g/mol. The summed E-state index contributed by atoms with van der Waals surface area (Å²) in [7, 11) is 0. The summed E-state index contributed by atoms with van der Waals surface area (Å²) in [6.45, 7) is 19.8. The van der Waals surface area contributed by atoms with Crippen LogP contribution in [-0.4, -0.2) is 114 Å². The Morgan fingerprint density at radius 3 is 1.12 bits per heavy atom. The highest BCUT2D eigenvalue weighted by atomic mass is 32.1. The van der Waals surface area contributed by atoms with Gasteiger partial charge in [-0.3, -0.25) is 20.4 Å². The van der Waals surface area contributed by atoms with Gasteiger partial charge in [-0.25, -0.2) is 0 Å². The van der Waals surface area contributed by atoms with Crippen LogP contribution in [0.3, 0.4) is 0 Å². The van der Waals surface area contributed by atoms with Crippen LogP contribution in [-0.2, 0) is 9.59 Å². The summed E-state index contributed by atoms with van der Waals surface area (Å²) >= 11 is 9.86.